The van der Waals surface area contributed by atoms with Crippen LogP contribution in [0, 0.1) is 5.82 Å². The average molecular weight is 516 g/mol. The zero-order chi connectivity index (χ0) is 25.4. The first-order valence-corrected chi connectivity index (χ1v) is 12.8. The Hall–Kier alpha value is -2.98. The van der Waals surface area contributed by atoms with E-state index in [1.54, 1.807) is 18.1 Å². The summed E-state index contributed by atoms with van der Waals surface area (Å²) < 4.78 is 15.0. The van der Waals surface area contributed by atoms with Crippen molar-refractivity contribution in [3.63, 3.8) is 0 Å². The third kappa shape index (κ3) is 4.97. The number of likely N-dealkylation sites (tertiary alicyclic amines) is 1. The quantitative estimate of drug-likeness (QED) is 0.628. The molecule has 1 atom stereocenters. The Morgan fingerprint density at radius 3 is 2.67 bits per heavy atom. The molecule has 0 unspecified atom stereocenters. The number of aromatic nitrogens is 2. The molecule has 3 heterocycles. The van der Waals surface area contributed by atoms with Crippen LogP contribution in [-0.2, 0) is 4.79 Å². The van der Waals surface area contributed by atoms with E-state index in [9.17, 15) is 14.0 Å². The minimum Gasteiger partial charge on any atom is -0.351 e. The van der Waals surface area contributed by atoms with Gasteiger partial charge in [-0.05, 0) is 45.0 Å². The number of benzene rings is 1. The van der Waals surface area contributed by atoms with Crippen molar-refractivity contribution >= 4 is 46.6 Å². The molecule has 1 saturated heterocycles. The lowest BCUT2D eigenvalue weighted by Gasteiger charge is -2.30. The summed E-state index contributed by atoms with van der Waals surface area (Å²) in [5.74, 6) is -0.223. The van der Waals surface area contributed by atoms with Crippen LogP contribution in [0.2, 0.25) is 5.02 Å². The second-order valence-electron chi connectivity index (χ2n) is 9.90. The fourth-order valence-electron chi connectivity index (χ4n) is 5.32. The molecule has 1 aromatic heterocycles. The number of anilines is 4. The van der Waals surface area contributed by atoms with Crippen LogP contribution >= 0.6 is 11.6 Å². The van der Waals surface area contributed by atoms with Gasteiger partial charge in [0.25, 0.3) is 5.91 Å². The predicted octanol–water partition coefficient (Wildman–Crippen LogP) is 3.56. The molecule has 2 amide bonds. The number of hydrogen-bond donors (Lipinski definition) is 2. The van der Waals surface area contributed by atoms with Gasteiger partial charge >= 0.3 is 0 Å². The van der Waals surface area contributed by atoms with Crippen molar-refractivity contribution in [1.29, 1.82) is 0 Å². The summed E-state index contributed by atoms with van der Waals surface area (Å²) in [7, 11) is 3.72. The van der Waals surface area contributed by atoms with Crippen LogP contribution in [0.4, 0.5) is 27.5 Å². The van der Waals surface area contributed by atoms with Gasteiger partial charge in [0.2, 0.25) is 11.9 Å². The van der Waals surface area contributed by atoms with E-state index < -0.39 is 11.7 Å². The minimum atomic E-state index is -0.682. The monoisotopic (exact) mass is 515 g/mol. The van der Waals surface area contributed by atoms with E-state index in [4.69, 9.17) is 16.6 Å². The van der Waals surface area contributed by atoms with Gasteiger partial charge in [0.1, 0.15) is 11.5 Å². The van der Waals surface area contributed by atoms with E-state index in [-0.39, 0.29) is 34.2 Å². The molecule has 2 fully saturated rings. The van der Waals surface area contributed by atoms with Crippen molar-refractivity contribution in [1.82, 2.24) is 20.2 Å². The maximum Gasteiger partial charge on any atom is 0.254 e. The largest absolute Gasteiger partial charge is 0.351 e. The number of fused-ring (bicyclic) bond motifs is 1. The summed E-state index contributed by atoms with van der Waals surface area (Å²) in [5, 5.41) is 6.07. The topological polar surface area (TPSA) is 93.7 Å². The van der Waals surface area contributed by atoms with Crippen molar-refractivity contribution in [3.8, 4) is 0 Å². The van der Waals surface area contributed by atoms with Crippen LogP contribution in [0.25, 0.3) is 0 Å². The number of amides is 2. The molecule has 5 rings (SSSR count). The molecule has 9 nitrogen and oxygen atoms in total. The van der Waals surface area contributed by atoms with Gasteiger partial charge in [-0.15, -0.1) is 0 Å². The molecule has 3 aliphatic rings. The van der Waals surface area contributed by atoms with Gasteiger partial charge in [-0.25, -0.2) is 9.37 Å². The SMILES string of the molecule is CN1CC[C@@H](NC(=O)c2cc(Cl)c(Nc3ncc4c(n3)N(C3CCCC3)CCC(=O)N4C)cc2F)C1. The lowest BCUT2D eigenvalue weighted by Crippen LogP contribution is -2.36. The van der Waals surface area contributed by atoms with E-state index in [1.165, 1.54) is 12.1 Å². The highest BCUT2D eigenvalue weighted by molar-refractivity contribution is 6.33. The maximum absolute atomic E-state index is 15.0. The summed E-state index contributed by atoms with van der Waals surface area (Å²) in [4.78, 5) is 40.2. The van der Waals surface area contributed by atoms with Crippen molar-refractivity contribution in [3.05, 3.63) is 34.7 Å². The first kappa shape index (κ1) is 24.7. The van der Waals surface area contributed by atoms with Gasteiger partial charge in [-0.2, -0.15) is 4.98 Å². The number of nitrogens with zero attached hydrogens (tertiary/aromatic N) is 5. The number of rotatable bonds is 5. The molecule has 192 valence electrons. The van der Waals surface area contributed by atoms with E-state index in [2.05, 4.69) is 25.4 Å². The average Bonchev–Trinajstić information content (AvgIpc) is 3.50. The van der Waals surface area contributed by atoms with Crippen molar-refractivity contribution in [2.24, 2.45) is 0 Å². The smallest absolute Gasteiger partial charge is 0.254 e. The Bertz CT molecular complexity index is 1170. The number of likely N-dealkylation sites (N-methyl/N-ethyl adjacent to an activating group) is 1. The molecule has 2 aliphatic heterocycles. The van der Waals surface area contributed by atoms with E-state index in [0.29, 0.717) is 30.5 Å². The molecule has 0 radical (unpaired) electrons. The van der Waals surface area contributed by atoms with Crippen LogP contribution in [0.3, 0.4) is 0 Å². The van der Waals surface area contributed by atoms with E-state index in [0.717, 1.165) is 45.2 Å². The zero-order valence-corrected chi connectivity index (χ0v) is 21.3. The molecule has 1 aliphatic carbocycles. The summed E-state index contributed by atoms with van der Waals surface area (Å²) in [6, 6.07) is 2.83. The first-order valence-electron chi connectivity index (χ1n) is 12.5. The van der Waals surface area contributed by atoms with Gasteiger partial charge in [0, 0.05) is 38.6 Å². The Morgan fingerprint density at radius 2 is 1.94 bits per heavy atom. The third-order valence-electron chi connectivity index (χ3n) is 7.36. The molecule has 2 N–H and O–H groups in total. The van der Waals surface area contributed by atoms with Gasteiger partial charge in [-0.3, -0.25) is 9.59 Å². The Balaban J connectivity index is 1.39. The lowest BCUT2D eigenvalue weighted by atomic mass is 10.1. The number of nitrogens with one attached hydrogen (secondary N) is 2. The second-order valence-corrected chi connectivity index (χ2v) is 10.3. The third-order valence-corrected chi connectivity index (χ3v) is 7.68. The molecule has 36 heavy (non-hydrogen) atoms. The van der Waals surface area contributed by atoms with Crippen molar-refractivity contribution in [2.45, 2.75) is 50.6 Å². The van der Waals surface area contributed by atoms with Crippen molar-refractivity contribution in [2.75, 3.05) is 48.8 Å². The predicted molar refractivity (Wildman–Crippen MR) is 138 cm³/mol. The molecule has 11 heteroatoms. The van der Waals surface area contributed by atoms with Gasteiger partial charge in [0.05, 0.1) is 22.5 Å². The minimum absolute atomic E-state index is 0.0146. The molecule has 1 aromatic carbocycles. The molecule has 0 bridgehead atoms. The molecular formula is C25H31ClFN7O2. The van der Waals surface area contributed by atoms with Crippen LogP contribution < -0.4 is 20.4 Å². The fraction of sp³-hybridized carbons (Fsp3) is 0.520. The molecule has 2 aromatic rings. The Labute approximate surface area is 215 Å². The highest BCUT2D eigenvalue weighted by atomic mass is 35.5. The van der Waals surface area contributed by atoms with Crippen LogP contribution in [0.5, 0.6) is 0 Å². The molecule has 0 spiro atoms. The lowest BCUT2D eigenvalue weighted by molar-refractivity contribution is -0.118. The van der Waals surface area contributed by atoms with Crippen LogP contribution in [-0.4, -0.2) is 72.5 Å². The summed E-state index contributed by atoms with van der Waals surface area (Å²) in [6.07, 6.45) is 7.27. The Kier molecular flexibility index (Phi) is 6.98. The number of carbonyl (C=O) groups excluding carboxylic acids is 2. The van der Waals surface area contributed by atoms with E-state index in [1.807, 2.05) is 7.05 Å². The van der Waals surface area contributed by atoms with Crippen LogP contribution in [0.15, 0.2) is 18.3 Å². The van der Waals surface area contributed by atoms with E-state index >= 15 is 0 Å². The second kappa shape index (κ2) is 10.2. The number of hydrogen-bond acceptors (Lipinski definition) is 7. The molecule has 1 saturated carbocycles. The summed E-state index contributed by atoms with van der Waals surface area (Å²) >= 11 is 6.44. The zero-order valence-electron chi connectivity index (χ0n) is 20.6. The Morgan fingerprint density at radius 1 is 1.17 bits per heavy atom. The fourth-order valence-corrected chi connectivity index (χ4v) is 5.53. The number of halogens is 2. The molecular weight excluding hydrogens is 485 g/mol. The summed E-state index contributed by atoms with van der Waals surface area (Å²) in [5.41, 5.74) is 0.809. The van der Waals surface area contributed by atoms with Gasteiger partial charge < -0.3 is 25.3 Å². The van der Waals surface area contributed by atoms with Crippen LogP contribution in [0.1, 0.15) is 48.9 Å². The highest BCUT2D eigenvalue weighted by Crippen LogP contribution is 2.36. The normalized spacial score (nSPS) is 21.0. The maximum atomic E-state index is 15.0. The standard InChI is InChI=1S/C25H31ClFN7O2/c1-32-9-7-15(14-32)29-24(36)17-11-18(26)20(12-19(17)27)30-25-28-13-21-23(31-25)34(16-5-3-4-6-16)10-8-22(35)33(21)2/h11-13,15-16H,3-10,14H2,1-2H3,(H,29,36)(H,28,30,31)/t15-/m1/s1. The van der Waals surface area contributed by atoms with Gasteiger partial charge in [-0.1, -0.05) is 24.4 Å². The number of carbonyl (C=O) groups is 2. The highest BCUT2D eigenvalue weighted by Gasteiger charge is 2.32. The summed E-state index contributed by atoms with van der Waals surface area (Å²) in [6.45, 7) is 2.21. The van der Waals surface area contributed by atoms with Crippen molar-refractivity contribution < 1.29 is 14.0 Å². The van der Waals surface area contributed by atoms with Gasteiger partial charge in [0.15, 0.2) is 5.82 Å². The first-order chi connectivity index (χ1) is 17.3.